The Morgan fingerprint density at radius 3 is 2.67 bits per heavy atom. The Balaban J connectivity index is 2.47. The smallest absolute Gasteiger partial charge is 0.255 e. The van der Waals surface area contributed by atoms with Crippen LogP contribution in [0.4, 0.5) is 0 Å². The van der Waals surface area contributed by atoms with Crippen LogP contribution in [0.3, 0.4) is 0 Å². The van der Waals surface area contributed by atoms with Gasteiger partial charge in [0.15, 0.2) is 0 Å². The highest BCUT2D eigenvalue weighted by molar-refractivity contribution is 5.96. The molecule has 2 N–H and O–H groups in total. The minimum Gasteiger partial charge on any atom is -0.352 e. The average Bonchev–Trinajstić information content (AvgIpc) is 2.53. The molecule has 1 aromatic heterocycles. The zero-order valence-electron chi connectivity index (χ0n) is 9.68. The predicted molar refractivity (Wildman–Crippen MR) is 59.9 cm³/mol. The minimum absolute atomic E-state index is 0.0187. The molecule has 0 aliphatic rings. The van der Waals surface area contributed by atoms with Crippen molar-refractivity contribution in [2.45, 2.75) is 40.0 Å². The van der Waals surface area contributed by atoms with E-state index in [1.165, 1.54) is 6.42 Å². The molecule has 0 saturated heterocycles. The minimum atomic E-state index is -0.0187. The van der Waals surface area contributed by atoms with Crippen molar-refractivity contribution in [3.8, 4) is 0 Å². The normalized spacial score (nSPS) is 10.3. The molecule has 0 saturated carbocycles. The number of rotatable bonds is 5. The van der Waals surface area contributed by atoms with E-state index in [0.717, 1.165) is 30.8 Å². The van der Waals surface area contributed by atoms with Gasteiger partial charge in [-0.1, -0.05) is 19.8 Å². The van der Waals surface area contributed by atoms with E-state index in [9.17, 15) is 4.79 Å². The molecule has 15 heavy (non-hydrogen) atoms. The van der Waals surface area contributed by atoms with Crippen LogP contribution in [0.15, 0.2) is 0 Å². The molecule has 0 radical (unpaired) electrons. The van der Waals surface area contributed by atoms with Gasteiger partial charge < -0.3 is 5.32 Å². The first-order chi connectivity index (χ1) is 7.16. The van der Waals surface area contributed by atoms with Crippen LogP contribution in [-0.2, 0) is 0 Å². The summed E-state index contributed by atoms with van der Waals surface area (Å²) in [4.78, 5) is 11.7. The number of amides is 1. The lowest BCUT2D eigenvalue weighted by atomic mass is 10.2. The van der Waals surface area contributed by atoms with Crippen molar-refractivity contribution in [2.75, 3.05) is 6.54 Å². The second-order valence-corrected chi connectivity index (χ2v) is 3.77. The van der Waals surface area contributed by atoms with Crippen molar-refractivity contribution in [1.82, 2.24) is 15.5 Å². The molecule has 1 amide bonds. The molecule has 84 valence electrons. The number of carbonyl (C=O) groups is 1. The van der Waals surface area contributed by atoms with E-state index in [0.29, 0.717) is 5.56 Å². The van der Waals surface area contributed by atoms with Crippen molar-refractivity contribution in [3.05, 3.63) is 17.0 Å². The quantitative estimate of drug-likeness (QED) is 0.728. The van der Waals surface area contributed by atoms with Crippen LogP contribution < -0.4 is 5.32 Å². The first kappa shape index (κ1) is 11.8. The molecule has 4 nitrogen and oxygen atoms in total. The third-order valence-electron chi connectivity index (χ3n) is 2.42. The molecule has 0 bridgehead atoms. The third-order valence-corrected chi connectivity index (χ3v) is 2.42. The van der Waals surface area contributed by atoms with Gasteiger partial charge in [-0.25, -0.2) is 0 Å². The van der Waals surface area contributed by atoms with Crippen LogP contribution >= 0.6 is 0 Å². The van der Waals surface area contributed by atoms with Crippen LogP contribution in [-0.4, -0.2) is 22.6 Å². The van der Waals surface area contributed by atoms with Crippen LogP contribution in [0.5, 0.6) is 0 Å². The summed E-state index contributed by atoms with van der Waals surface area (Å²) >= 11 is 0. The van der Waals surface area contributed by atoms with Crippen molar-refractivity contribution < 1.29 is 4.79 Å². The Bertz CT molecular complexity index is 311. The lowest BCUT2D eigenvalue weighted by Gasteiger charge is -2.04. The van der Waals surface area contributed by atoms with Crippen LogP contribution in [0.25, 0.3) is 0 Å². The Morgan fingerprint density at radius 2 is 2.13 bits per heavy atom. The first-order valence-electron chi connectivity index (χ1n) is 5.46. The molecule has 0 aliphatic heterocycles. The van der Waals surface area contributed by atoms with Gasteiger partial charge in [-0.2, -0.15) is 5.10 Å². The maximum atomic E-state index is 11.7. The number of aromatic nitrogens is 2. The standard InChI is InChI=1S/C11H19N3O/c1-4-5-6-7-12-11(15)10-8(2)13-14-9(10)3/h4-7H2,1-3H3,(H,12,15)(H,13,14). The van der Waals surface area contributed by atoms with Crippen molar-refractivity contribution >= 4 is 5.91 Å². The van der Waals surface area contributed by atoms with E-state index in [2.05, 4.69) is 22.4 Å². The molecular formula is C11H19N3O. The molecular weight excluding hydrogens is 190 g/mol. The summed E-state index contributed by atoms with van der Waals surface area (Å²) in [5, 5.41) is 9.71. The molecule has 4 heteroatoms. The number of H-pyrrole nitrogens is 1. The number of unbranched alkanes of at least 4 members (excludes halogenated alkanes) is 2. The van der Waals surface area contributed by atoms with Crippen molar-refractivity contribution in [2.24, 2.45) is 0 Å². The van der Waals surface area contributed by atoms with Crippen LogP contribution in [0.2, 0.25) is 0 Å². The number of hydrogen-bond acceptors (Lipinski definition) is 2. The molecule has 0 fully saturated rings. The maximum absolute atomic E-state index is 11.7. The second kappa shape index (κ2) is 5.53. The summed E-state index contributed by atoms with van der Waals surface area (Å²) in [6, 6.07) is 0. The predicted octanol–water partition coefficient (Wildman–Crippen LogP) is 1.95. The lowest BCUT2D eigenvalue weighted by Crippen LogP contribution is -2.25. The monoisotopic (exact) mass is 209 g/mol. The molecule has 0 aromatic carbocycles. The van der Waals surface area contributed by atoms with Crippen LogP contribution in [0.1, 0.15) is 47.9 Å². The molecule has 1 aromatic rings. The fraction of sp³-hybridized carbons (Fsp3) is 0.636. The van der Waals surface area contributed by atoms with E-state index < -0.39 is 0 Å². The zero-order valence-corrected chi connectivity index (χ0v) is 9.68. The zero-order chi connectivity index (χ0) is 11.3. The van der Waals surface area contributed by atoms with Crippen molar-refractivity contribution in [3.63, 3.8) is 0 Å². The Hall–Kier alpha value is -1.32. The van der Waals surface area contributed by atoms with E-state index in [1.54, 1.807) is 0 Å². The number of aromatic amines is 1. The number of aryl methyl sites for hydroxylation is 2. The molecule has 1 rings (SSSR count). The summed E-state index contributed by atoms with van der Waals surface area (Å²) < 4.78 is 0. The Morgan fingerprint density at radius 1 is 1.40 bits per heavy atom. The van der Waals surface area contributed by atoms with E-state index in [1.807, 2.05) is 13.8 Å². The lowest BCUT2D eigenvalue weighted by molar-refractivity contribution is 0.0952. The highest BCUT2D eigenvalue weighted by atomic mass is 16.1. The summed E-state index contributed by atoms with van der Waals surface area (Å²) in [6.45, 7) is 6.59. The number of nitrogens with zero attached hydrogens (tertiary/aromatic N) is 1. The topological polar surface area (TPSA) is 57.8 Å². The van der Waals surface area contributed by atoms with E-state index in [-0.39, 0.29) is 5.91 Å². The SMILES string of the molecule is CCCCCNC(=O)c1c(C)n[nH]c1C. The molecule has 1 heterocycles. The highest BCUT2D eigenvalue weighted by Crippen LogP contribution is 2.08. The van der Waals surface area contributed by atoms with Gasteiger partial charge in [0, 0.05) is 12.2 Å². The van der Waals surface area contributed by atoms with E-state index in [4.69, 9.17) is 0 Å². The fourth-order valence-electron chi connectivity index (χ4n) is 1.55. The van der Waals surface area contributed by atoms with Gasteiger partial charge in [0.2, 0.25) is 0 Å². The van der Waals surface area contributed by atoms with Gasteiger partial charge in [-0.05, 0) is 20.3 Å². The van der Waals surface area contributed by atoms with Gasteiger partial charge in [0.05, 0.1) is 11.3 Å². The summed E-state index contributed by atoms with van der Waals surface area (Å²) in [6.07, 6.45) is 3.36. The van der Waals surface area contributed by atoms with Gasteiger partial charge in [-0.3, -0.25) is 9.89 Å². The Labute approximate surface area is 90.5 Å². The van der Waals surface area contributed by atoms with Gasteiger partial charge in [0.1, 0.15) is 0 Å². The first-order valence-corrected chi connectivity index (χ1v) is 5.46. The molecule has 0 aliphatic carbocycles. The number of hydrogen-bond donors (Lipinski definition) is 2. The number of carbonyl (C=O) groups excluding carboxylic acids is 1. The molecule has 0 atom stereocenters. The largest absolute Gasteiger partial charge is 0.352 e. The second-order valence-electron chi connectivity index (χ2n) is 3.77. The fourth-order valence-corrected chi connectivity index (χ4v) is 1.55. The molecule has 0 spiro atoms. The molecule has 0 unspecified atom stereocenters. The number of nitrogens with one attached hydrogen (secondary N) is 2. The van der Waals surface area contributed by atoms with Gasteiger partial charge in [-0.15, -0.1) is 0 Å². The van der Waals surface area contributed by atoms with Gasteiger partial charge in [0.25, 0.3) is 5.91 Å². The van der Waals surface area contributed by atoms with Crippen LogP contribution in [0, 0.1) is 13.8 Å². The van der Waals surface area contributed by atoms with Gasteiger partial charge >= 0.3 is 0 Å². The maximum Gasteiger partial charge on any atom is 0.255 e. The average molecular weight is 209 g/mol. The highest BCUT2D eigenvalue weighted by Gasteiger charge is 2.13. The Kier molecular flexibility index (Phi) is 4.34. The summed E-state index contributed by atoms with van der Waals surface area (Å²) in [5.41, 5.74) is 2.28. The summed E-state index contributed by atoms with van der Waals surface area (Å²) in [5.74, 6) is -0.0187. The summed E-state index contributed by atoms with van der Waals surface area (Å²) in [7, 11) is 0. The van der Waals surface area contributed by atoms with E-state index >= 15 is 0 Å². The van der Waals surface area contributed by atoms with Crippen molar-refractivity contribution in [1.29, 1.82) is 0 Å². The third kappa shape index (κ3) is 3.08.